The number of hydrogen-bond acceptors (Lipinski definition) is 0. The number of benzene rings is 5. The van der Waals surface area contributed by atoms with Gasteiger partial charge in [-0.15, -0.1) is 0 Å². The van der Waals surface area contributed by atoms with Gasteiger partial charge in [-0.3, -0.25) is 0 Å². The van der Waals surface area contributed by atoms with E-state index in [0.717, 1.165) is 12.8 Å². The fraction of sp³-hybridized carbons (Fsp3) is 0.0526. The molecule has 40 heavy (non-hydrogen) atoms. The first-order valence-electron chi connectivity index (χ1n) is 13.9. The summed E-state index contributed by atoms with van der Waals surface area (Å²) in [6, 6.07) is 43.8. The lowest BCUT2D eigenvalue weighted by atomic mass is 9.98. The Morgan fingerprint density at radius 2 is 1.10 bits per heavy atom. The number of hydrogen-bond donors (Lipinski definition) is 0. The van der Waals surface area contributed by atoms with Crippen LogP contribution in [0.4, 0.5) is 0 Å². The van der Waals surface area contributed by atoms with Crippen LogP contribution in [0, 0.1) is 0 Å². The average Bonchev–Trinajstić information content (AvgIpc) is 3.43. The average molecular weight is 513 g/mol. The van der Waals surface area contributed by atoms with Crippen LogP contribution < -0.4 is 0 Å². The van der Waals surface area contributed by atoms with Crippen LogP contribution in [0.5, 0.6) is 0 Å². The molecule has 2 aromatic heterocycles. The maximum atomic E-state index is 4.40. The highest BCUT2D eigenvalue weighted by atomic mass is 15.0. The largest absolute Gasteiger partial charge is 0.312 e. The maximum absolute atomic E-state index is 4.40. The highest BCUT2D eigenvalue weighted by Gasteiger charge is 2.24. The molecule has 0 bridgehead atoms. The van der Waals surface area contributed by atoms with Crippen molar-refractivity contribution in [3.63, 3.8) is 0 Å². The summed E-state index contributed by atoms with van der Waals surface area (Å²) in [5.74, 6) is 0. The van der Waals surface area contributed by atoms with Crippen molar-refractivity contribution in [1.29, 1.82) is 0 Å². The third kappa shape index (κ3) is 3.36. The van der Waals surface area contributed by atoms with Gasteiger partial charge < -0.3 is 9.13 Å². The van der Waals surface area contributed by atoms with E-state index in [0.29, 0.717) is 0 Å². The summed E-state index contributed by atoms with van der Waals surface area (Å²) in [6.07, 6.45) is 6.35. The van der Waals surface area contributed by atoms with Crippen molar-refractivity contribution in [3.8, 4) is 22.5 Å². The number of nitrogens with zero attached hydrogens (tertiary/aromatic N) is 2. The van der Waals surface area contributed by atoms with Crippen LogP contribution in [0.1, 0.15) is 17.7 Å². The molecule has 190 valence electrons. The van der Waals surface area contributed by atoms with E-state index >= 15 is 0 Å². The Balaban J connectivity index is 1.55. The molecular formula is C38H28N2. The molecule has 5 aromatic carbocycles. The first kappa shape index (κ1) is 22.9. The lowest BCUT2D eigenvalue weighted by Crippen LogP contribution is -2.03. The van der Waals surface area contributed by atoms with Crippen molar-refractivity contribution in [1.82, 2.24) is 9.13 Å². The first-order chi connectivity index (χ1) is 19.8. The Kier molecular flexibility index (Phi) is 5.14. The van der Waals surface area contributed by atoms with Crippen LogP contribution in [0.3, 0.4) is 0 Å². The van der Waals surface area contributed by atoms with Crippen LogP contribution in [0.25, 0.3) is 61.3 Å². The molecule has 2 heterocycles. The fourth-order valence-electron chi connectivity index (χ4n) is 6.59. The zero-order chi connectivity index (χ0) is 26.6. The van der Waals surface area contributed by atoms with E-state index in [2.05, 4.69) is 149 Å². The second-order valence-corrected chi connectivity index (χ2v) is 10.7. The smallest absolute Gasteiger partial charge is 0.0620 e. The van der Waals surface area contributed by atoms with E-state index in [9.17, 15) is 0 Å². The number of aromatic nitrogens is 2. The summed E-state index contributed by atoms with van der Waals surface area (Å²) in [7, 11) is 0. The second-order valence-electron chi connectivity index (χ2n) is 10.7. The van der Waals surface area contributed by atoms with Crippen LogP contribution in [-0.4, -0.2) is 9.13 Å². The van der Waals surface area contributed by atoms with Gasteiger partial charge in [0.25, 0.3) is 0 Å². The highest BCUT2D eigenvalue weighted by molar-refractivity contribution is 6.16. The standard InChI is InChI=1S/C38H28N2/c1-26-13-10-19-30-32-21-12-23-34(38(32)40(36(30)25-26)28-16-6-3-7-17-28)33-22-11-20-31-29-18-8-9-24-35(29)39(37(31)33)27-14-4-2-5-15-27/h2-12,14-24H,1,13,25H2. The van der Waals surface area contributed by atoms with Crippen molar-refractivity contribution in [3.05, 3.63) is 151 Å². The molecule has 0 fully saturated rings. The molecule has 2 heteroatoms. The zero-order valence-electron chi connectivity index (χ0n) is 22.2. The summed E-state index contributed by atoms with van der Waals surface area (Å²) >= 11 is 0. The molecule has 0 aliphatic heterocycles. The quantitative estimate of drug-likeness (QED) is 0.209. The Morgan fingerprint density at radius 1 is 0.525 bits per heavy atom. The summed E-state index contributed by atoms with van der Waals surface area (Å²) in [5, 5.41) is 3.81. The molecular weight excluding hydrogens is 484 g/mol. The molecule has 0 spiro atoms. The topological polar surface area (TPSA) is 9.86 Å². The molecule has 0 unspecified atom stereocenters. The van der Waals surface area contributed by atoms with E-state index < -0.39 is 0 Å². The summed E-state index contributed by atoms with van der Waals surface area (Å²) in [6.45, 7) is 4.40. The zero-order valence-corrected chi connectivity index (χ0v) is 22.2. The van der Waals surface area contributed by atoms with Gasteiger partial charge in [-0.1, -0.05) is 115 Å². The molecule has 0 saturated carbocycles. The van der Waals surface area contributed by atoms with Gasteiger partial charge in [-0.2, -0.15) is 0 Å². The molecule has 0 saturated heterocycles. The molecule has 0 atom stereocenters. The third-order valence-electron chi connectivity index (χ3n) is 8.25. The van der Waals surface area contributed by atoms with Crippen molar-refractivity contribution in [2.45, 2.75) is 12.8 Å². The van der Waals surface area contributed by atoms with Gasteiger partial charge >= 0.3 is 0 Å². The number of para-hydroxylation sites is 5. The van der Waals surface area contributed by atoms with E-state index in [1.807, 2.05) is 0 Å². The minimum absolute atomic E-state index is 0.861. The van der Waals surface area contributed by atoms with Gasteiger partial charge in [-0.25, -0.2) is 0 Å². The van der Waals surface area contributed by atoms with Crippen LogP contribution in [-0.2, 0) is 6.42 Å². The Labute approximate surface area is 233 Å². The molecule has 2 nitrogen and oxygen atoms in total. The van der Waals surface area contributed by atoms with E-state index in [1.54, 1.807) is 0 Å². The van der Waals surface area contributed by atoms with E-state index in [4.69, 9.17) is 0 Å². The SMILES string of the molecule is C=C1CC=Cc2c(n(-c3ccccc3)c3c(-c4cccc5c6ccccc6n(-c6ccccc6)c45)cccc23)C1. The minimum atomic E-state index is 0.861. The van der Waals surface area contributed by atoms with Crippen molar-refractivity contribution >= 4 is 38.8 Å². The van der Waals surface area contributed by atoms with Gasteiger partial charge in [0, 0.05) is 56.3 Å². The first-order valence-corrected chi connectivity index (χ1v) is 13.9. The lowest BCUT2D eigenvalue weighted by Gasteiger charge is -2.16. The van der Waals surface area contributed by atoms with E-state index in [1.165, 1.54) is 72.0 Å². The van der Waals surface area contributed by atoms with Crippen molar-refractivity contribution < 1.29 is 0 Å². The Bertz CT molecular complexity index is 2100. The van der Waals surface area contributed by atoms with E-state index in [-0.39, 0.29) is 0 Å². The predicted octanol–water partition coefficient (Wildman–Crippen LogP) is 9.91. The van der Waals surface area contributed by atoms with Crippen LogP contribution >= 0.6 is 0 Å². The van der Waals surface area contributed by atoms with Gasteiger partial charge in [0.2, 0.25) is 0 Å². The van der Waals surface area contributed by atoms with Gasteiger partial charge in [-0.05, 0) is 36.8 Å². The fourth-order valence-corrected chi connectivity index (χ4v) is 6.59. The molecule has 0 amide bonds. The summed E-state index contributed by atoms with van der Waals surface area (Å²) in [5.41, 5.74) is 12.4. The summed E-state index contributed by atoms with van der Waals surface area (Å²) in [4.78, 5) is 0. The maximum Gasteiger partial charge on any atom is 0.0620 e. The number of fused-ring (bicyclic) bond motifs is 6. The van der Waals surface area contributed by atoms with Crippen LogP contribution in [0.2, 0.25) is 0 Å². The molecule has 7 aromatic rings. The molecule has 0 radical (unpaired) electrons. The normalized spacial score (nSPS) is 13.2. The van der Waals surface area contributed by atoms with Crippen LogP contribution in [0.15, 0.2) is 140 Å². The molecule has 1 aliphatic carbocycles. The Morgan fingerprint density at radius 3 is 1.82 bits per heavy atom. The Hall–Kier alpha value is -5.08. The predicted molar refractivity (Wildman–Crippen MR) is 170 cm³/mol. The summed E-state index contributed by atoms with van der Waals surface area (Å²) < 4.78 is 4.91. The lowest BCUT2D eigenvalue weighted by molar-refractivity contribution is 0.958. The van der Waals surface area contributed by atoms with Gasteiger partial charge in [0.1, 0.15) is 0 Å². The third-order valence-corrected chi connectivity index (χ3v) is 8.25. The van der Waals surface area contributed by atoms with Crippen molar-refractivity contribution in [2.75, 3.05) is 0 Å². The minimum Gasteiger partial charge on any atom is -0.312 e. The second kappa shape index (κ2) is 9.00. The number of rotatable bonds is 3. The molecule has 0 N–H and O–H groups in total. The monoisotopic (exact) mass is 512 g/mol. The van der Waals surface area contributed by atoms with Gasteiger partial charge in [0.05, 0.1) is 16.6 Å². The molecule has 1 aliphatic rings. The number of allylic oxidation sites excluding steroid dienone is 2. The highest BCUT2D eigenvalue weighted by Crippen LogP contribution is 2.43. The van der Waals surface area contributed by atoms with Gasteiger partial charge in [0.15, 0.2) is 0 Å². The molecule has 8 rings (SSSR count). The van der Waals surface area contributed by atoms with Crippen molar-refractivity contribution in [2.24, 2.45) is 0 Å².